The van der Waals surface area contributed by atoms with Crippen LogP contribution in [0.15, 0.2) is 12.4 Å². The molecule has 66 valence electrons. The molecule has 1 aromatic heterocycles. The monoisotopic (exact) mass is 164 g/mol. The molecule has 1 rings (SSSR count). The Kier molecular flexibility index (Phi) is 2.79. The van der Waals surface area contributed by atoms with Crippen molar-refractivity contribution in [2.75, 3.05) is 0 Å². The first-order chi connectivity index (χ1) is 5.63. The number of rotatable bonds is 2. The average molecular weight is 164 g/mol. The Morgan fingerprint density at radius 1 is 0.833 bits per heavy atom. The van der Waals surface area contributed by atoms with Gasteiger partial charge in [-0.25, -0.2) is 0 Å². The van der Waals surface area contributed by atoms with Gasteiger partial charge < -0.3 is 0 Å². The largest absolute Gasteiger partial charge is 0.159 e. The van der Waals surface area contributed by atoms with Crippen molar-refractivity contribution in [3.05, 3.63) is 23.5 Å². The van der Waals surface area contributed by atoms with E-state index in [1.807, 2.05) is 12.4 Å². The zero-order valence-electron chi connectivity index (χ0n) is 8.20. The fraction of sp³-hybridized carbons (Fsp3) is 0.600. The maximum Gasteiger partial charge on any atom is 0.0533 e. The predicted octanol–water partition coefficient (Wildman–Crippen LogP) is 2.72. The molecular weight excluding hydrogens is 148 g/mol. The molecule has 2 nitrogen and oxygen atoms in total. The van der Waals surface area contributed by atoms with E-state index in [1.165, 1.54) is 11.1 Å². The van der Waals surface area contributed by atoms with Gasteiger partial charge in [-0.15, -0.1) is 0 Å². The van der Waals surface area contributed by atoms with Crippen LogP contribution in [-0.2, 0) is 0 Å². The normalized spacial score (nSPS) is 11.2. The Morgan fingerprint density at radius 2 is 1.17 bits per heavy atom. The molecule has 12 heavy (non-hydrogen) atoms. The van der Waals surface area contributed by atoms with Crippen molar-refractivity contribution in [1.29, 1.82) is 0 Å². The third kappa shape index (κ3) is 1.81. The van der Waals surface area contributed by atoms with Gasteiger partial charge in [-0.1, -0.05) is 27.7 Å². The van der Waals surface area contributed by atoms with E-state index >= 15 is 0 Å². The van der Waals surface area contributed by atoms with E-state index in [1.54, 1.807) is 0 Å². The van der Waals surface area contributed by atoms with Crippen LogP contribution in [0.2, 0.25) is 0 Å². The van der Waals surface area contributed by atoms with Gasteiger partial charge in [0.15, 0.2) is 0 Å². The fourth-order valence-corrected chi connectivity index (χ4v) is 1.30. The minimum absolute atomic E-state index is 0.540. The van der Waals surface area contributed by atoms with Crippen LogP contribution < -0.4 is 0 Å². The molecule has 0 aliphatic heterocycles. The van der Waals surface area contributed by atoms with E-state index in [4.69, 9.17) is 0 Å². The van der Waals surface area contributed by atoms with Gasteiger partial charge in [-0.05, 0) is 23.0 Å². The molecule has 0 aliphatic rings. The molecule has 0 amide bonds. The van der Waals surface area contributed by atoms with Gasteiger partial charge in [0.1, 0.15) is 0 Å². The minimum Gasteiger partial charge on any atom is -0.159 e. The molecule has 2 heteroatoms. The summed E-state index contributed by atoms with van der Waals surface area (Å²) >= 11 is 0. The molecule has 0 aromatic carbocycles. The second kappa shape index (κ2) is 3.65. The van der Waals surface area contributed by atoms with Crippen LogP contribution in [0.4, 0.5) is 0 Å². The Morgan fingerprint density at radius 3 is 1.42 bits per heavy atom. The average Bonchev–Trinajstić information content (AvgIpc) is 2.04. The number of hydrogen-bond acceptors (Lipinski definition) is 2. The summed E-state index contributed by atoms with van der Waals surface area (Å²) in [6, 6.07) is 0. The highest BCUT2D eigenvalue weighted by atomic mass is 15.1. The van der Waals surface area contributed by atoms with E-state index in [0.717, 1.165) is 0 Å². The lowest BCUT2D eigenvalue weighted by molar-refractivity contribution is 0.763. The highest BCUT2D eigenvalue weighted by molar-refractivity contribution is 5.26. The molecule has 0 bridgehead atoms. The molecule has 0 aliphatic carbocycles. The molecule has 1 aromatic rings. The van der Waals surface area contributed by atoms with Crippen molar-refractivity contribution < 1.29 is 0 Å². The number of aromatic nitrogens is 2. The standard InChI is InChI=1S/C10H16N2/c1-7(2)9-5-11-12-6-10(9)8(3)4/h5-8H,1-4H3. The lowest BCUT2D eigenvalue weighted by Gasteiger charge is -2.13. The SMILES string of the molecule is CC(C)c1cnncc1C(C)C. The summed E-state index contributed by atoms with van der Waals surface area (Å²) in [5.41, 5.74) is 2.64. The summed E-state index contributed by atoms with van der Waals surface area (Å²) in [4.78, 5) is 0. The van der Waals surface area contributed by atoms with E-state index < -0.39 is 0 Å². The van der Waals surface area contributed by atoms with Crippen molar-refractivity contribution in [1.82, 2.24) is 10.2 Å². The summed E-state index contributed by atoms with van der Waals surface area (Å²) in [5.74, 6) is 1.08. The second-order valence-corrected chi connectivity index (χ2v) is 3.71. The lowest BCUT2D eigenvalue weighted by Crippen LogP contribution is -2.00. The Bertz CT molecular complexity index is 227. The molecule has 0 spiro atoms. The predicted molar refractivity (Wildman–Crippen MR) is 50.2 cm³/mol. The van der Waals surface area contributed by atoms with Gasteiger partial charge in [0.05, 0.1) is 12.4 Å². The zero-order valence-corrected chi connectivity index (χ0v) is 8.20. The summed E-state index contributed by atoms with van der Waals surface area (Å²) in [6.45, 7) is 8.73. The number of hydrogen-bond donors (Lipinski definition) is 0. The van der Waals surface area contributed by atoms with Gasteiger partial charge in [-0.3, -0.25) is 0 Å². The molecule has 0 saturated heterocycles. The van der Waals surface area contributed by atoms with Gasteiger partial charge in [-0.2, -0.15) is 10.2 Å². The van der Waals surface area contributed by atoms with Crippen molar-refractivity contribution in [3.63, 3.8) is 0 Å². The quantitative estimate of drug-likeness (QED) is 0.671. The van der Waals surface area contributed by atoms with Gasteiger partial charge >= 0.3 is 0 Å². The van der Waals surface area contributed by atoms with Crippen LogP contribution in [0.1, 0.15) is 50.7 Å². The first-order valence-corrected chi connectivity index (χ1v) is 4.43. The fourth-order valence-electron chi connectivity index (χ4n) is 1.30. The maximum atomic E-state index is 3.90. The lowest BCUT2D eigenvalue weighted by atomic mass is 9.94. The first kappa shape index (κ1) is 9.17. The second-order valence-electron chi connectivity index (χ2n) is 3.71. The molecule has 0 saturated carbocycles. The van der Waals surface area contributed by atoms with E-state index in [-0.39, 0.29) is 0 Å². The topological polar surface area (TPSA) is 25.8 Å². The van der Waals surface area contributed by atoms with Crippen LogP contribution in [0.5, 0.6) is 0 Å². The minimum atomic E-state index is 0.540. The third-order valence-corrected chi connectivity index (χ3v) is 2.04. The van der Waals surface area contributed by atoms with Crippen LogP contribution >= 0.6 is 0 Å². The third-order valence-electron chi connectivity index (χ3n) is 2.04. The highest BCUT2D eigenvalue weighted by Crippen LogP contribution is 2.23. The summed E-state index contributed by atoms with van der Waals surface area (Å²) in [5, 5.41) is 7.80. The van der Waals surface area contributed by atoms with E-state index in [0.29, 0.717) is 11.8 Å². The molecule has 0 atom stereocenters. The van der Waals surface area contributed by atoms with Crippen molar-refractivity contribution >= 4 is 0 Å². The number of nitrogens with zero attached hydrogens (tertiary/aromatic N) is 2. The molecule has 1 heterocycles. The van der Waals surface area contributed by atoms with Crippen LogP contribution in [0, 0.1) is 0 Å². The van der Waals surface area contributed by atoms with Crippen LogP contribution in [0.3, 0.4) is 0 Å². The van der Waals surface area contributed by atoms with Crippen LogP contribution in [-0.4, -0.2) is 10.2 Å². The van der Waals surface area contributed by atoms with E-state index in [2.05, 4.69) is 37.9 Å². The highest BCUT2D eigenvalue weighted by Gasteiger charge is 2.09. The molecule has 0 N–H and O–H groups in total. The molecule has 0 radical (unpaired) electrons. The summed E-state index contributed by atoms with van der Waals surface area (Å²) in [6.07, 6.45) is 3.75. The summed E-state index contributed by atoms with van der Waals surface area (Å²) < 4.78 is 0. The van der Waals surface area contributed by atoms with Crippen molar-refractivity contribution in [2.45, 2.75) is 39.5 Å². The zero-order chi connectivity index (χ0) is 9.14. The molecule has 0 fully saturated rings. The molecular formula is C10H16N2. The van der Waals surface area contributed by atoms with Gasteiger partial charge in [0, 0.05) is 0 Å². The smallest absolute Gasteiger partial charge is 0.0533 e. The Balaban J connectivity index is 3.09. The Labute approximate surface area is 74.0 Å². The van der Waals surface area contributed by atoms with Gasteiger partial charge in [0.25, 0.3) is 0 Å². The van der Waals surface area contributed by atoms with E-state index in [9.17, 15) is 0 Å². The summed E-state index contributed by atoms with van der Waals surface area (Å²) in [7, 11) is 0. The van der Waals surface area contributed by atoms with Gasteiger partial charge in [0.2, 0.25) is 0 Å². The van der Waals surface area contributed by atoms with Crippen molar-refractivity contribution in [2.24, 2.45) is 0 Å². The van der Waals surface area contributed by atoms with Crippen molar-refractivity contribution in [3.8, 4) is 0 Å². The maximum absolute atomic E-state index is 3.90. The molecule has 0 unspecified atom stereocenters. The van der Waals surface area contributed by atoms with Crippen LogP contribution in [0.25, 0.3) is 0 Å². The Hall–Kier alpha value is -0.920. The first-order valence-electron chi connectivity index (χ1n) is 4.43.